The Morgan fingerprint density at radius 3 is 1.12 bits per heavy atom. The first-order valence-corrected chi connectivity index (χ1v) is 1.84. The van der Waals surface area contributed by atoms with E-state index >= 15 is 0 Å². The smallest absolute Gasteiger partial charge is 0.104 e. The SMILES string of the molecule is CO[NH+](OC)OC.[Br-]. The molecule has 0 bridgehead atoms. The molecule has 0 fully saturated rings. The second-order valence-electron chi connectivity index (χ2n) is 0.862. The summed E-state index contributed by atoms with van der Waals surface area (Å²) in [6, 6.07) is 0. The summed E-state index contributed by atoms with van der Waals surface area (Å²) >= 11 is 0. The van der Waals surface area contributed by atoms with Gasteiger partial charge in [0.05, 0.1) is 5.39 Å². The van der Waals surface area contributed by atoms with Gasteiger partial charge in [-0.3, -0.25) is 0 Å². The minimum Gasteiger partial charge on any atom is -1.00 e. The fraction of sp³-hybridized carbons (Fsp3) is 1.00. The second kappa shape index (κ2) is 7.32. The largest absolute Gasteiger partial charge is 1.00 e. The maximum Gasteiger partial charge on any atom is 0.104 e. The van der Waals surface area contributed by atoms with Gasteiger partial charge in [-0.2, -0.15) is 0 Å². The molecule has 8 heavy (non-hydrogen) atoms. The summed E-state index contributed by atoms with van der Waals surface area (Å²) in [5, 5.41) is 0.181. The van der Waals surface area contributed by atoms with Gasteiger partial charge >= 0.3 is 0 Å². The van der Waals surface area contributed by atoms with Crippen LogP contribution in [0.15, 0.2) is 0 Å². The van der Waals surface area contributed by atoms with Gasteiger partial charge in [-0.25, -0.2) is 0 Å². The van der Waals surface area contributed by atoms with E-state index in [1.165, 1.54) is 21.3 Å². The van der Waals surface area contributed by atoms with Gasteiger partial charge in [-0.1, -0.05) is 0 Å². The molecule has 5 heteroatoms. The van der Waals surface area contributed by atoms with Crippen LogP contribution < -0.4 is 22.4 Å². The van der Waals surface area contributed by atoms with E-state index in [4.69, 9.17) is 0 Å². The fourth-order valence-corrected chi connectivity index (χ4v) is 0.250. The Morgan fingerprint density at radius 1 is 0.875 bits per heavy atom. The molecule has 0 radical (unpaired) electrons. The van der Waals surface area contributed by atoms with Gasteiger partial charge in [0, 0.05) is 0 Å². The molecule has 0 aliphatic carbocycles. The monoisotopic (exact) mass is 187 g/mol. The molecule has 0 spiro atoms. The predicted molar refractivity (Wildman–Crippen MR) is 22.0 cm³/mol. The van der Waals surface area contributed by atoms with Gasteiger partial charge in [-0.05, 0) is 0 Å². The van der Waals surface area contributed by atoms with Crippen LogP contribution in [0.3, 0.4) is 0 Å². The van der Waals surface area contributed by atoms with Gasteiger partial charge in [0.2, 0.25) is 0 Å². The Balaban J connectivity index is 0. The van der Waals surface area contributed by atoms with E-state index in [0.717, 1.165) is 0 Å². The van der Waals surface area contributed by atoms with Gasteiger partial charge < -0.3 is 17.0 Å². The first-order valence-electron chi connectivity index (χ1n) is 1.84. The number of quaternary nitrogens is 1. The first-order chi connectivity index (χ1) is 3.35. The van der Waals surface area contributed by atoms with Crippen LogP contribution in [0.4, 0.5) is 0 Å². The third kappa shape index (κ3) is 4.48. The number of rotatable bonds is 3. The lowest BCUT2D eigenvalue weighted by Gasteiger charge is -2.03. The zero-order valence-corrected chi connectivity index (χ0v) is 6.69. The van der Waals surface area contributed by atoms with Gasteiger partial charge in [0.1, 0.15) is 21.3 Å². The van der Waals surface area contributed by atoms with E-state index in [9.17, 15) is 0 Å². The third-order valence-corrected chi connectivity index (χ3v) is 0.500. The number of hydrogen-bond acceptors (Lipinski definition) is 3. The molecule has 0 saturated carbocycles. The minimum atomic E-state index is 0. The molecular formula is C3H10BrNO3. The maximum atomic E-state index is 4.52. The molecule has 52 valence electrons. The summed E-state index contributed by atoms with van der Waals surface area (Å²) in [4.78, 5) is 13.6. The fourth-order valence-electron chi connectivity index (χ4n) is 0.250. The summed E-state index contributed by atoms with van der Waals surface area (Å²) in [6.07, 6.45) is 0. The summed E-state index contributed by atoms with van der Waals surface area (Å²) in [6.45, 7) is 0. The van der Waals surface area contributed by atoms with E-state index in [0.29, 0.717) is 0 Å². The molecule has 0 aliphatic rings. The van der Waals surface area contributed by atoms with E-state index < -0.39 is 0 Å². The highest BCUT2D eigenvalue weighted by Gasteiger charge is 1.98. The lowest BCUT2D eigenvalue weighted by atomic mass is 11.7. The Labute approximate surface area is 58.9 Å². The van der Waals surface area contributed by atoms with Crippen LogP contribution in [0.2, 0.25) is 0 Å². The van der Waals surface area contributed by atoms with E-state index in [-0.39, 0.29) is 22.4 Å². The molecule has 0 aromatic carbocycles. The normalized spacial score (nSPS) is 9.00. The van der Waals surface area contributed by atoms with Crippen molar-refractivity contribution < 1.29 is 36.9 Å². The topological polar surface area (TPSA) is 32.1 Å². The summed E-state index contributed by atoms with van der Waals surface area (Å²) < 4.78 is 0. The van der Waals surface area contributed by atoms with Crippen LogP contribution in [0, 0.1) is 0 Å². The molecule has 1 N–H and O–H groups in total. The van der Waals surface area contributed by atoms with Crippen molar-refractivity contribution in [3.63, 3.8) is 0 Å². The summed E-state index contributed by atoms with van der Waals surface area (Å²) in [7, 11) is 4.42. The highest BCUT2D eigenvalue weighted by atomic mass is 79.9. The Morgan fingerprint density at radius 2 is 1.12 bits per heavy atom. The summed E-state index contributed by atoms with van der Waals surface area (Å²) in [5.74, 6) is 0. The van der Waals surface area contributed by atoms with Crippen LogP contribution in [-0.4, -0.2) is 21.3 Å². The quantitative estimate of drug-likeness (QED) is 0.453. The highest BCUT2D eigenvalue weighted by molar-refractivity contribution is 3.44. The van der Waals surface area contributed by atoms with Crippen LogP contribution in [0.25, 0.3) is 0 Å². The number of nitrogens with one attached hydrogen (secondary N) is 1. The van der Waals surface area contributed by atoms with E-state index in [1.54, 1.807) is 0 Å². The molecule has 0 aromatic rings. The average molecular weight is 188 g/mol. The van der Waals surface area contributed by atoms with E-state index in [2.05, 4.69) is 14.5 Å². The van der Waals surface area contributed by atoms with Crippen molar-refractivity contribution in [2.75, 3.05) is 21.3 Å². The Kier molecular flexibility index (Phi) is 10.2. The Hall–Kier alpha value is 0.320. The van der Waals surface area contributed by atoms with Crippen molar-refractivity contribution >= 4 is 0 Å². The highest BCUT2D eigenvalue weighted by Crippen LogP contribution is 1.43. The van der Waals surface area contributed by atoms with Gasteiger partial charge in [0.25, 0.3) is 0 Å². The van der Waals surface area contributed by atoms with Crippen LogP contribution >= 0.6 is 0 Å². The first kappa shape index (κ1) is 11.2. The molecule has 4 nitrogen and oxygen atoms in total. The number of hydrogen-bond donors (Lipinski definition) is 1. The molecule has 0 amide bonds. The maximum absolute atomic E-state index is 4.52. The lowest BCUT2D eigenvalue weighted by molar-refractivity contribution is -1.36. The average Bonchev–Trinajstić information content (AvgIpc) is 1.72. The molecular weight excluding hydrogens is 178 g/mol. The van der Waals surface area contributed by atoms with Crippen LogP contribution in [0.5, 0.6) is 0 Å². The summed E-state index contributed by atoms with van der Waals surface area (Å²) in [5.41, 5.74) is 0. The molecule has 0 unspecified atom stereocenters. The van der Waals surface area contributed by atoms with Crippen molar-refractivity contribution in [3.8, 4) is 0 Å². The standard InChI is InChI=1S/C3H10NO3.BrH/c1-5-4(6-2)7-3;/h4H,1-3H3;1H/q+1;/p-1. The van der Waals surface area contributed by atoms with Crippen LogP contribution in [0.1, 0.15) is 0 Å². The molecule has 0 rings (SSSR count). The second-order valence-corrected chi connectivity index (χ2v) is 0.862. The zero-order valence-electron chi connectivity index (χ0n) is 5.10. The van der Waals surface area contributed by atoms with E-state index in [1.807, 2.05) is 0 Å². The van der Waals surface area contributed by atoms with Crippen molar-refractivity contribution in [2.24, 2.45) is 0 Å². The van der Waals surface area contributed by atoms with Crippen molar-refractivity contribution in [1.82, 2.24) is 0 Å². The molecule has 0 aromatic heterocycles. The Bertz CT molecular complexity index is 36.0. The zero-order chi connectivity index (χ0) is 5.70. The molecule has 0 atom stereocenters. The minimum absolute atomic E-state index is 0. The van der Waals surface area contributed by atoms with Gasteiger partial charge in [-0.15, -0.1) is 14.5 Å². The molecule has 0 heterocycles. The number of halogens is 1. The molecule has 0 aliphatic heterocycles. The predicted octanol–water partition coefficient (Wildman–Crippen LogP) is -4.44. The molecule has 0 saturated heterocycles. The van der Waals surface area contributed by atoms with Crippen molar-refractivity contribution in [1.29, 1.82) is 0 Å². The third-order valence-electron chi connectivity index (χ3n) is 0.500. The lowest BCUT2D eigenvalue weighted by Crippen LogP contribution is -3.08. The van der Waals surface area contributed by atoms with Crippen molar-refractivity contribution in [2.45, 2.75) is 0 Å². The van der Waals surface area contributed by atoms with Gasteiger partial charge in [0.15, 0.2) is 0 Å². The van der Waals surface area contributed by atoms with Crippen LogP contribution in [-0.2, 0) is 14.5 Å². The van der Waals surface area contributed by atoms with Crippen molar-refractivity contribution in [3.05, 3.63) is 0 Å².